The van der Waals surface area contributed by atoms with E-state index in [9.17, 15) is 8.78 Å². The monoisotopic (exact) mass is 246 g/mol. The van der Waals surface area contributed by atoms with Gasteiger partial charge in [-0.2, -0.15) is 0 Å². The Kier molecular flexibility index (Phi) is 2.70. The topological polar surface area (TPSA) is 22.1 Å². The van der Waals surface area contributed by atoms with Crippen molar-refractivity contribution in [2.45, 2.75) is 19.3 Å². The standard InChI is InChI=1S/C14H10F2NO/c15-10-6-11(16)8-12(7-10)18-14-13-3-1-2-9(13)4-5-17-14/h5-8H,1-3H2. The van der Waals surface area contributed by atoms with Gasteiger partial charge in [0.2, 0.25) is 5.88 Å². The van der Waals surface area contributed by atoms with Crippen LogP contribution in [0.25, 0.3) is 0 Å². The lowest BCUT2D eigenvalue weighted by atomic mass is 10.2. The molecule has 1 aliphatic carbocycles. The zero-order valence-electron chi connectivity index (χ0n) is 9.54. The lowest BCUT2D eigenvalue weighted by molar-refractivity contribution is 0.446. The Morgan fingerprint density at radius 3 is 2.67 bits per heavy atom. The zero-order valence-corrected chi connectivity index (χ0v) is 9.54. The van der Waals surface area contributed by atoms with Gasteiger partial charge in [0.25, 0.3) is 0 Å². The molecule has 0 saturated heterocycles. The molecule has 0 fully saturated rings. The van der Waals surface area contributed by atoms with Crippen LogP contribution < -0.4 is 4.74 Å². The van der Waals surface area contributed by atoms with E-state index in [0.29, 0.717) is 5.88 Å². The van der Waals surface area contributed by atoms with Gasteiger partial charge in [0.15, 0.2) is 0 Å². The van der Waals surface area contributed by atoms with Crippen molar-refractivity contribution >= 4 is 0 Å². The highest BCUT2D eigenvalue weighted by Gasteiger charge is 2.17. The first-order valence-corrected chi connectivity index (χ1v) is 5.75. The van der Waals surface area contributed by atoms with E-state index >= 15 is 0 Å². The average molecular weight is 246 g/mol. The Labute approximate surface area is 103 Å². The molecule has 0 N–H and O–H groups in total. The van der Waals surface area contributed by atoms with Crippen molar-refractivity contribution in [3.8, 4) is 11.6 Å². The zero-order chi connectivity index (χ0) is 12.5. The van der Waals surface area contributed by atoms with Crippen LogP contribution in [-0.2, 0) is 12.8 Å². The van der Waals surface area contributed by atoms with Crippen LogP contribution in [0.5, 0.6) is 11.6 Å². The number of aryl methyl sites for hydroxylation is 1. The second-order valence-electron chi connectivity index (χ2n) is 4.23. The minimum absolute atomic E-state index is 0.125. The number of rotatable bonds is 2. The van der Waals surface area contributed by atoms with Gasteiger partial charge in [0.05, 0.1) is 0 Å². The molecule has 0 bridgehead atoms. The highest BCUT2D eigenvalue weighted by Crippen LogP contribution is 2.31. The number of ether oxygens (including phenoxy) is 1. The predicted molar refractivity (Wildman–Crippen MR) is 61.5 cm³/mol. The smallest absolute Gasteiger partial charge is 0.222 e. The van der Waals surface area contributed by atoms with E-state index in [2.05, 4.69) is 11.1 Å². The summed E-state index contributed by atoms with van der Waals surface area (Å²) in [4.78, 5) is 4.08. The normalized spacial score (nSPS) is 13.4. The molecule has 91 valence electrons. The third-order valence-corrected chi connectivity index (χ3v) is 2.95. The van der Waals surface area contributed by atoms with Gasteiger partial charge in [0.1, 0.15) is 17.4 Å². The van der Waals surface area contributed by atoms with Crippen LogP contribution in [0.2, 0.25) is 0 Å². The molecule has 0 unspecified atom stereocenters. The summed E-state index contributed by atoms with van der Waals surface area (Å²) in [7, 11) is 0. The van der Waals surface area contributed by atoms with Crippen molar-refractivity contribution in [3.63, 3.8) is 0 Å². The minimum atomic E-state index is -0.663. The van der Waals surface area contributed by atoms with Crippen molar-refractivity contribution in [2.75, 3.05) is 0 Å². The number of fused-ring (bicyclic) bond motifs is 1. The molecular weight excluding hydrogens is 236 g/mol. The van der Waals surface area contributed by atoms with Crippen LogP contribution in [0, 0.1) is 17.7 Å². The van der Waals surface area contributed by atoms with Crippen LogP contribution in [0.1, 0.15) is 17.5 Å². The lowest BCUT2D eigenvalue weighted by Gasteiger charge is -2.08. The SMILES string of the molecule is Fc1cc(F)cc(Oc2nc[c]c3c2CCC3)c1. The number of nitrogens with zero attached hydrogens (tertiary/aromatic N) is 1. The van der Waals surface area contributed by atoms with Gasteiger partial charge in [-0.25, -0.2) is 13.8 Å². The summed E-state index contributed by atoms with van der Waals surface area (Å²) in [5, 5.41) is 0. The van der Waals surface area contributed by atoms with Crippen molar-refractivity contribution in [1.82, 2.24) is 4.98 Å². The minimum Gasteiger partial charge on any atom is -0.439 e. The van der Waals surface area contributed by atoms with E-state index in [1.54, 1.807) is 0 Å². The van der Waals surface area contributed by atoms with Gasteiger partial charge in [-0.05, 0) is 24.8 Å². The number of aromatic nitrogens is 1. The molecule has 0 atom stereocenters. The van der Waals surface area contributed by atoms with E-state index in [0.717, 1.165) is 48.6 Å². The summed E-state index contributed by atoms with van der Waals surface area (Å²) in [6.07, 6.45) is 4.39. The fourth-order valence-corrected chi connectivity index (χ4v) is 2.17. The summed E-state index contributed by atoms with van der Waals surface area (Å²) in [6.45, 7) is 0. The number of hydrogen-bond donors (Lipinski definition) is 0. The summed E-state index contributed by atoms with van der Waals surface area (Å²) in [5.74, 6) is -0.778. The first-order valence-electron chi connectivity index (χ1n) is 5.75. The maximum absolute atomic E-state index is 13.1. The quantitative estimate of drug-likeness (QED) is 0.809. The van der Waals surface area contributed by atoms with Crippen molar-refractivity contribution < 1.29 is 13.5 Å². The van der Waals surface area contributed by atoms with Gasteiger partial charge < -0.3 is 4.74 Å². The third kappa shape index (κ3) is 2.06. The molecule has 0 amide bonds. The van der Waals surface area contributed by atoms with Gasteiger partial charge in [-0.3, -0.25) is 0 Å². The summed E-state index contributed by atoms with van der Waals surface area (Å²) < 4.78 is 31.6. The van der Waals surface area contributed by atoms with E-state index < -0.39 is 11.6 Å². The molecule has 1 heterocycles. The van der Waals surface area contributed by atoms with Crippen molar-refractivity contribution in [3.05, 3.63) is 53.2 Å². The number of hydrogen-bond acceptors (Lipinski definition) is 2. The Balaban J connectivity index is 1.95. The fraction of sp³-hybridized carbons (Fsp3) is 0.214. The summed E-state index contributed by atoms with van der Waals surface area (Å²) in [5.41, 5.74) is 2.07. The Bertz CT molecular complexity index is 578. The molecule has 0 spiro atoms. The largest absolute Gasteiger partial charge is 0.439 e. The van der Waals surface area contributed by atoms with Crippen LogP contribution in [0.3, 0.4) is 0 Å². The van der Waals surface area contributed by atoms with Crippen LogP contribution in [0.15, 0.2) is 24.4 Å². The van der Waals surface area contributed by atoms with E-state index in [-0.39, 0.29) is 5.75 Å². The number of halogens is 2. The molecule has 2 aromatic rings. The van der Waals surface area contributed by atoms with Crippen LogP contribution >= 0.6 is 0 Å². The van der Waals surface area contributed by atoms with Crippen LogP contribution in [-0.4, -0.2) is 4.98 Å². The molecule has 0 saturated carbocycles. The van der Waals surface area contributed by atoms with Gasteiger partial charge in [-0.1, -0.05) is 0 Å². The van der Waals surface area contributed by atoms with E-state index in [1.165, 1.54) is 6.20 Å². The van der Waals surface area contributed by atoms with Crippen molar-refractivity contribution in [2.24, 2.45) is 0 Å². The predicted octanol–water partition coefficient (Wildman–Crippen LogP) is 3.44. The molecule has 1 aromatic heterocycles. The third-order valence-electron chi connectivity index (χ3n) is 2.95. The highest BCUT2D eigenvalue weighted by molar-refractivity contribution is 5.40. The van der Waals surface area contributed by atoms with E-state index in [1.807, 2.05) is 0 Å². The van der Waals surface area contributed by atoms with Gasteiger partial charge in [-0.15, -0.1) is 0 Å². The summed E-state index contributed by atoms with van der Waals surface area (Å²) >= 11 is 0. The summed E-state index contributed by atoms with van der Waals surface area (Å²) in [6, 6.07) is 6.15. The molecule has 0 aliphatic heterocycles. The molecular formula is C14H10F2NO. The van der Waals surface area contributed by atoms with Gasteiger partial charge >= 0.3 is 0 Å². The second-order valence-corrected chi connectivity index (χ2v) is 4.23. The fourth-order valence-electron chi connectivity index (χ4n) is 2.17. The van der Waals surface area contributed by atoms with E-state index in [4.69, 9.17) is 4.74 Å². The molecule has 2 nitrogen and oxygen atoms in total. The molecule has 18 heavy (non-hydrogen) atoms. The highest BCUT2D eigenvalue weighted by atomic mass is 19.1. The van der Waals surface area contributed by atoms with Crippen LogP contribution in [0.4, 0.5) is 8.78 Å². The van der Waals surface area contributed by atoms with Crippen molar-refractivity contribution in [1.29, 1.82) is 0 Å². The Morgan fingerprint density at radius 1 is 1.11 bits per heavy atom. The Hall–Kier alpha value is -1.97. The first kappa shape index (κ1) is 11.1. The molecule has 3 rings (SSSR count). The number of benzene rings is 1. The molecule has 4 heteroatoms. The average Bonchev–Trinajstić information content (AvgIpc) is 2.76. The maximum Gasteiger partial charge on any atom is 0.222 e. The second kappa shape index (κ2) is 4.37. The van der Waals surface area contributed by atoms with Gasteiger partial charge in [0, 0.05) is 36.0 Å². The molecule has 1 aromatic carbocycles. The molecule has 1 radical (unpaired) electrons. The first-order chi connectivity index (χ1) is 8.72. The number of pyridine rings is 1. The Morgan fingerprint density at radius 2 is 1.89 bits per heavy atom. The molecule has 1 aliphatic rings. The maximum atomic E-state index is 13.1. The lowest BCUT2D eigenvalue weighted by Crippen LogP contribution is -1.95.